The molecule has 0 aliphatic heterocycles. The smallest absolute Gasteiger partial charge is 0.306 e. The first-order valence-electron chi connectivity index (χ1n) is 3.05. The van der Waals surface area contributed by atoms with E-state index in [1.54, 1.807) is 0 Å². The summed E-state index contributed by atoms with van der Waals surface area (Å²) < 4.78 is 0. The molecule has 12 heavy (non-hydrogen) atoms. The Morgan fingerprint density at radius 3 is 2.25 bits per heavy atom. The Balaban J connectivity index is 4.44. The van der Waals surface area contributed by atoms with Crippen molar-refractivity contribution in [3.63, 3.8) is 0 Å². The zero-order chi connectivity index (χ0) is 9.78. The van der Waals surface area contributed by atoms with E-state index in [9.17, 15) is 14.7 Å². The zero-order valence-electron chi connectivity index (χ0n) is 6.15. The molecule has 0 aromatic carbocycles. The van der Waals surface area contributed by atoms with Crippen LogP contribution in [0.25, 0.3) is 0 Å². The Kier molecular flexibility index (Phi) is 3.61. The number of carbonyl (C=O) groups is 2. The number of aliphatic hydroxyl groups is 1. The highest BCUT2D eigenvalue weighted by Gasteiger charge is 2.36. The van der Waals surface area contributed by atoms with Gasteiger partial charge in [0.25, 0.3) is 5.91 Å². The van der Waals surface area contributed by atoms with Crippen LogP contribution in [-0.2, 0) is 9.59 Å². The average molecular weight is 178 g/mol. The molecule has 0 heterocycles. The van der Waals surface area contributed by atoms with Gasteiger partial charge in [-0.1, -0.05) is 0 Å². The van der Waals surface area contributed by atoms with Gasteiger partial charge in [-0.2, -0.15) is 0 Å². The van der Waals surface area contributed by atoms with Crippen LogP contribution in [0.3, 0.4) is 0 Å². The first-order valence-corrected chi connectivity index (χ1v) is 3.05. The molecule has 7 nitrogen and oxygen atoms in total. The number of carboxylic acids is 1. The predicted octanol–water partition coefficient (Wildman–Crippen LogP) is -2.34. The molecule has 0 aromatic heterocycles. The number of carboxylic acid groups (broad SMARTS) is 1. The minimum atomic E-state index is -2.25. The van der Waals surface area contributed by atoms with Crippen LogP contribution < -0.4 is 11.2 Å². The summed E-state index contributed by atoms with van der Waals surface area (Å²) in [6, 6.07) is 0. The molecule has 0 aromatic rings. The van der Waals surface area contributed by atoms with E-state index in [2.05, 4.69) is 0 Å². The van der Waals surface area contributed by atoms with Gasteiger partial charge in [0.15, 0.2) is 5.60 Å². The van der Waals surface area contributed by atoms with Crippen molar-refractivity contribution in [2.75, 3.05) is 6.54 Å². The van der Waals surface area contributed by atoms with E-state index in [4.69, 9.17) is 16.0 Å². The number of nitrogens with two attached hydrogens (primary N) is 1. The minimum Gasteiger partial charge on any atom is -0.481 e. The summed E-state index contributed by atoms with van der Waals surface area (Å²) in [6.45, 7) is -0.578. The van der Waals surface area contributed by atoms with Crippen molar-refractivity contribution >= 4 is 11.9 Å². The van der Waals surface area contributed by atoms with Crippen molar-refractivity contribution in [3.05, 3.63) is 0 Å². The molecule has 1 unspecified atom stereocenters. The van der Waals surface area contributed by atoms with Crippen molar-refractivity contribution in [1.29, 1.82) is 0 Å². The van der Waals surface area contributed by atoms with Crippen molar-refractivity contribution in [2.24, 2.45) is 5.73 Å². The maximum Gasteiger partial charge on any atom is 0.306 e. The third-order valence-electron chi connectivity index (χ3n) is 1.31. The van der Waals surface area contributed by atoms with Crippen LogP contribution in [0, 0.1) is 0 Å². The number of hydroxylamine groups is 1. The lowest BCUT2D eigenvalue weighted by Crippen LogP contribution is -2.52. The van der Waals surface area contributed by atoms with Gasteiger partial charge in [-0.15, -0.1) is 0 Å². The van der Waals surface area contributed by atoms with Crippen LogP contribution in [0.5, 0.6) is 0 Å². The number of rotatable bonds is 4. The molecule has 70 valence electrons. The second-order valence-corrected chi connectivity index (χ2v) is 2.25. The molecule has 0 aliphatic rings. The van der Waals surface area contributed by atoms with Gasteiger partial charge >= 0.3 is 5.97 Å². The number of nitrogens with one attached hydrogen (secondary N) is 1. The van der Waals surface area contributed by atoms with Crippen LogP contribution >= 0.6 is 0 Å². The van der Waals surface area contributed by atoms with Gasteiger partial charge in [-0.05, 0) is 0 Å². The predicted molar refractivity (Wildman–Crippen MR) is 36.2 cm³/mol. The lowest BCUT2D eigenvalue weighted by Gasteiger charge is -2.21. The molecule has 1 amide bonds. The maximum absolute atomic E-state index is 10.6. The van der Waals surface area contributed by atoms with Gasteiger partial charge in [0.05, 0.1) is 6.42 Å². The molecular weight excluding hydrogens is 168 g/mol. The van der Waals surface area contributed by atoms with Gasteiger partial charge in [-0.25, -0.2) is 5.48 Å². The second kappa shape index (κ2) is 4.00. The quantitative estimate of drug-likeness (QED) is 0.242. The molecule has 0 saturated heterocycles. The summed E-state index contributed by atoms with van der Waals surface area (Å²) in [5.41, 5.74) is 3.83. The van der Waals surface area contributed by atoms with E-state index >= 15 is 0 Å². The molecular formula is C5H10N2O5. The lowest BCUT2D eigenvalue weighted by atomic mass is 9.99. The normalized spacial score (nSPS) is 14.9. The number of aliphatic carboxylic acids is 1. The summed E-state index contributed by atoms with van der Waals surface area (Å²) >= 11 is 0. The van der Waals surface area contributed by atoms with Crippen molar-refractivity contribution < 1.29 is 25.0 Å². The highest BCUT2D eigenvalue weighted by Crippen LogP contribution is 2.07. The maximum atomic E-state index is 10.6. The number of amides is 1. The topological polar surface area (TPSA) is 133 Å². The molecule has 7 heteroatoms. The van der Waals surface area contributed by atoms with Crippen LogP contribution in [0.1, 0.15) is 6.42 Å². The Morgan fingerprint density at radius 2 is 2.00 bits per heavy atom. The number of hydrogen-bond donors (Lipinski definition) is 5. The minimum absolute atomic E-state index is 0.578. The Labute approximate surface area is 67.7 Å². The lowest BCUT2D eigenvalue weighted by molar-refractivity contribution is -0.156. The van der Waals surface area contributed by atoms with Crippen molar-refractivity contribution in [3.8, 4) is 0 Å². The van der Waals surface area contributed by atoms with Crippen molar-refractivity contribution in [2.45, 2.75) is 12.0 Å². The first kappa shape index (κ1) is 10.8. The molecule has 0 fully saturated rings. The van der Waals surface area contributed by atoms with E-state index in [-0.39, 0.29) is 0 Å². The van der Waals surface area contributed by atoms with Crippen LogP contribution in [-0.4, -0.2) is 39.4 Å². The van der Waals surface area contributed by atoms with E-state index in [0.29, 0.717) is 0 Å². The van der Waals surface area contributed by atoms with Gasteiger partial charge in [0.1, 0.15) is 0 Å². The monoisotopic (exact) mass is 178 g/mol. The Bertz CT molecular complexity index is 194. The zero-order valence-corrected chi connectivity index (χ0v) is 6.15. The molecule has 0 rings (SSSR count). The first-order chi connectivity index (χ1) is 5.46. The summed E-state index contributed by atoms with van der Waals surface area (Å²) in [5, 5.41) is 25.5. The Morgan fingerprint density at radius 1 is 1.50 bits per heavy atom. The Hall–Kier alpha value is -1.18. The molecule has 0 radical (unpaired) electrons. The number of hydrogen-bond acceptors (Lipinski definition) is 5. The molecule has 6 N–H and O–H groups in total. The fourth-order valence-corrected chi connectivity index (χ4v) is 0.599. The van der Waals surface area contributed by atoms with Gasteiger partial charge in [0, 0.05) is 6.54 Å². The molecule has 0 bridgehead atoms. The average Bonchev–Trinajstić information content (AvgIpc) is 2.01. The second-order valence-electron chi connectivity index (χ2n) is 2.25. The highest BCUT2D eigenvalue weighted by atomic mass is 16.5. The molecule has 1 atom stereocenters. The van der Waals surface area contributed by atoms with Crippen LogP contribution in [0.15, 0.2) is 0 Å². The fourth-order valence-electron chi connectivity index (χ4n) is 0.599. The molecule has 0 aliphatic carbocycles. The van der Waals surface area contributed by atoms with Crippen LogP contribution in [0.2, 0.25) is 0 Å². The van der Waals surface area contributed by atoms with Gasteiger partial charge < -0.3 is 15.9 Å². The van der Waals surface area contributed by atoms with E-state index in [1.165, 1.54) is 0 Å². The summed E-state index contributed by atoms with van der Waals surface area (Å²) in [7, 11) is 0. The number of carbonyl (C=O) groups excluding carboxylic acids is 1. The standard InChI is InChI=1S/C5H10N2O5/c6-2-5(11,1-3(8)9)4(10)7-12/h11-12H,1-2,6H2,(H,7,10)(H,8,9). The highest BCUT2D eigenvalue weighted by molar-refractivity contribution is 5.88. The van der Waals surface area contributed by atoms with Gasteiger partial charge in [-0.3, -0.25) is 14.8 Å². The third kappa shape index (κ3) is 2.46. The largest absolute Gasteiger partial charge is 0.481 e. The van der Waals surface area contributed by atoms with E-state index in [1.807, 2.05) is 0 Å². The molecule has 0 spiro atoms. The van der Waals surface area contributed by atoms with Crippen LogP contribution in [0.4, 0.5) is 0 Å². The van der Waals surface area contributed by atoms with Crippen molar-refractivity contribution in [1.82, 2.24) is 5.48 Å². The fraction of sp³-hybridized carbons (Fsp3) is 0.600. The van der Waals surface area contributed by atoms with E-state index < -0.39 is 30.4 Å². The SMILES string of the molecule is NCC(O)(CC(=O)O)C(=O)NO. The summed E-state index contributed by atoms with van der Waals surface area (Å²) in [4.78, 5) is 20.8. The summed E-state index contributed by atoms with van der Waals surface area (Å²) in [6.07, 6.45) is -0.851. The summed E-state index contributed by atoms with van der Waals surface area (Å²) in [5.74, 6) is -2.61. The van der Waals surface area contributed by atoms with Gasteiger partial charge in [0.2, 0.25) is 0 Å². The van der Waals surface area contributed by atoms with E-state index in [0.717, 1.165) is 5.48 Å². The molecule has 0 saturated carbocycles. The third-order valence-corrected chi connectivity index (χ3v) is 1.31.